The third-order valence-electron chi connectivity index (χ3n) is 1.76. The fourth-order valence-electron chi connectivity index (χ4n) is 0.957. The maximum atomic E-state index is 5.82. The molecule has 0 saturated heterocycles. The molecule has 1 atom stereocenters. The Morgan fingerprint density at radius 3 is 2.36 bits per heavy atom. The van der Waals surface area contributed by atoms with Gasteiger partial charge in [-0.1, -0.05) is 19.1 Å². The van der Waals surface area contributed by atoms with Crippen LogP contribution in [0.3, 0.4) is 0 Å². The molecule has 2 N–H and O–H groups in total. The zero-order chi connectivity index (χ0) is 8.27. The molecule has 0 bridgehead atoms. The van der Waals surface area contributed by atoms with Crippen LogP contribution in [0.25, 0.3) is 0 Å². The second kappa shape index (κ2) is 3.79. The maximum Gasteiger partial charge on any atom is 0.0292 e. The zero-order valence-electron chi connectivity index (χ0n) is 6.62. The molecule has 1 rings (SSSR count). The van der Waals surface area contributed by atoms with Gasteiger partial charge in [0, 0.05) is 10.9 Å². The summed E-state index contributed by atoms with van der Waals surface area (Å²) in [5, 5.41) is 0. The third-order valence-corrected chi connectivity index (χ3v) is 2.06. The number of benzene rings is 1. The van der Waals surface area contributed by atoms with Crippen molar-refractivity contribution in [2.45, 2.75) is 24.3 Å². The van der Waals surface area contributed by atoms with Crippen LogP contribution in [0, 0.1) is 0 Å². The number of hydrogen-bond acceptors (Lipinski definition) is 2. The molecular weight excluding hydrogens is 154 g/mol. The van der Waals surface area contributed by atoms with E-state index in [4.69, 9.17) is 5.73 Å². The molecule has 0 aliphatic rings. The van der Waals surface area contributed by atoms with Crippen LogP contribution in [0.5, 0.6) is 0 Å². The molecule has 1 aromatic rings. The summed E-state index contributed by atoms with van der Waals surface area (Å²) in [5.74, 6) is 0. The molecule has 11 heavy (non-hydrogen) atoms. The van der Waals surface area contributed by atoms with E-state index in [1.807, 2.05) is 24.3 Å². The first-order valence-corrected chi connectivity index (χ1v) is 4.23. The average molecular weight is 167 g/mol. The molecule has 0 radical (unpaired) electrons. The summed E-state index contributed by atoms with van der Waals surface area (Å²) >= 11 is 4.19. The second-order valence-electron chi connectivity index (χ2n) is 2.61. The predicted octanol–water partition coefficient (Wildman–Crippen LogP) is 2.39. The highest BCUT2D eigenvalue weighted by molar-refractivity contribution is 7.80. The minimum absolute atomic E-state index is 0.170. The lowest BCUT2D eigenvalue weighted by atomic mass is 10.1. The summed E-state index contributed by atoms with van der Waals surface area (Å²) in [7, 11) is 0. The van der Waals surface area contributed by atoms with Crippen LogP contribution in [0.4, 0.5) is 0 Å². The summed E-state index contributed by atoms with van der Waals surface area (Å²) < 4.78 is 0. The first kappa shape index (κ1) is 8.62. The molecule has 0 aromatic heterocycles. The van der Waals surface area contributed by atoms with Crippen molar-refractivity contribution in [2.24, 2.45) is 5.73 Å². The van der Waals surface area contributed by atoms with Gasteiger partial charge in [0.25, 0.3) is 0 Å². The first-order chi connectivity index (χ1) is 5.24. The summed E-state index contributed by atoms with van der Waals surface area (Å²) in [5.41, 5.74) is 7.00. The van der Waals surface area contributed by atoms with E-state index < -0.39 is 0 Å². The Morgan fingerprint density at radius 2 is 1.91 bits per heavy atom. The predicted molar refractivity (Wildman–Crippen MR) is 50.9 cm³/mol. The molecule has 1 aromatic carbocycles. The van der Waals surface area contributed by atoms with E-state index in [1.165, 1.54) is 5.56 Å². The standard InChI is InChI=1S/C9H13NS/c1-2-9(10)7-3-5-8(11)6-4-7/h3-6,9,11H,2,10H2,1H3. The van der Waals surface area contributed by atoms with Crippen molar-refractivity contribution in [1.29, 1.82) is 0 Å². The van der Waals surface area contributed by atoms with Crippen molar-refractivity contribution in [3.8, 4) is 0 Å². The van der Waals surface area contributed by atoms with Gasteiger partial charge in [-0.05, 0) is 24.1 Å². The minimum atomic E-state index is 0.170. The highest BCUT2D eigenvalue weighted by Crippen LogP contribution is 2.15. The number of rotatable bonds is 2. The smallest absolute Gasteiger partial charge is 0.0292 e. The van der Waals surface area contributed by atoms with Gasteiger partial charge in [-0.15, -0.1) is 12.6 Å². The normalized spacial score (nSPS) is 13.0. The van der Waals surface area contributed by atoms with Crippen LogP contribution >= 0.6 is 12.6 Å². The lowest BCUT2D eigenvalue weighted by molar-refractivity contribution is 0.698. The summed E-state index contributed by atoms with van der Waals surface area (Å²) in [6.07, 6.45) is 0.978. The largest absolute Gasteiger partial charge is 0.324 e. The van der Waals surface area contributed by atoms with Crippen molar-refractivity contribution in [3.05, 3.63) is 29.8 Å². The molecule has 0 aliphatic heterocycles. The molecule has 60 valence electrons. The Kier molecular flexibility index (Phi) is 2.97. The van der Waals surface area contributed by atoms with E-state index in [0.717, 1.165) is 11.3 Å². The molecule has 0 spiro atoms. The van der Waals surface area contributed by atoms with Gasteiger partial charge in [0.2, 0.25) is 0 Å². The molecule has 2 heteroatoms. The summed E-state index contributed by atoms with van der Waals surface area (Å²) in [4.78, 5) is 0.983. The van der Waals surface area contributed by atoms with Gasteiger partial charge in [0.05, 0.1) is 0 Å². The van der Waals surface area contributed by atoms with Crippen LogP contribution < -0.4 is 5.73 Å². The Hall–Kier alpha value is -0.470. The fourth-order valence-corrected chi connectivity index (χ4v) is 1.11. The average Bonchev–Trinajstić information content (AvgIpc) is 2.05. The highest BCUT2D eigenvalue weighted by Gasteiger charge is 2.00. The van der Waals surface area contributed by atoms with Crippen LogP contribution in [0.15, 0.2) is 29.2 Å². The van der Waals surface area contributed by atoms with Gasteiger partial charge in [0.15, 0.2) is 0 Å². The van der Waals surface area contributed by atoms with Crippen molar-refractivity contribution < 1.29 is 0 Å². The van der Waals surface area contributed by atoms with Crippen molar-refractivity contribution in [2.75, 3.05) is 0 Å². The maximum absolute atomic E-state index is 5.82. The Labute approximate surface area is 73.0 Å². The highest BCUT2D eigenvalue weighted by atomic mass is 32.1. The lowest BCUT2D eigenvalue weighted by Crippen LogP contribution is -2.07. The van der Waals surface area contributed by atoms with Gasteiger partial charge >= 0.3 is 0 Å². The minimum Gasteiger partial charge on any atom is -0.324 e. The van der Waals surface area contributed by atoms with Crippen molar-refractivity contribution in [3.63, 3.8) is 0 Å². The van der Waals surface area contributed by atoms with Crippen molar-refractivity contribution in [1.82, 2.24) is 0 Å². The van der Waals surface area contributed by atoms with E-state index >= 15 is 0 Å². The SMILES string of the molecule is CCC(N)c1ccc(S)cc1. The van der Waals surface area contributed by atoms with E-state index in [9.17, 15) is 0 Å². The van der Waals surface area contributed by atoms with Crippen LogP contribution in [-0.2, 0) is 0 Å². The molecule has 0 heterocycles. The van der Waals surface area contributed by atoms with E-state index in [2.05, 4.69) is 19.6 Å². The molecule has 0 amide bonds. The zero-order valence-corrected chi connectivity index (χ0v) is 7.51. The number of hydrogen-bond donors (Lipinski definition) is 2. The quantitative estimate of drug-likeness (QED) is 0.650. The molecule has 1 unspecified atom stereocenters. The van der Waals surface area contributed by atoms with Crippen LogP contribution in [0.1, 0.15) is 24.9 Å². The monoisotopic (exact) mass is 167 g/mol. The molecule has 1 nitrogen and oxygen atoms in total. The molecular formula is C9H13NS. The molecule has 0 aliphatic carbocycles. The van der Waals surface area contributed by atoms with Gasteiger partial charge < -0.3 is 5.73 Å². The number of thiol groups is 1. The van der Waals surface area contributed by atoms with Crippen LogP contribution in [-0.4, -0.2) is 0 Å². The Morgan fingerprint density at radius 1 is 1.36 bits per heavy atom. The van der Waals surface area contributed by atoms with Gasteiger partial charge in [-0.25, -0.2) is 0 Å². The fraction of sp³-hybridized carbons (Fsp3) is 0.333. The van der Waals surface area contributed by atoms with Gasteiger partial charge in [0.1, 0.15) is 0 Å². The van der Waals surface area contributed by atoms with Crippen LogP contribution in [0.2, 0.25) is 0 Å². The molecule has 0 fully saturated rings. The van der Waals surface area contributed by atoms with E-state index in [0.29, 0.717) is 0 Å². The third kappa shape index (κ3) is 2.24. The second-order valence-corrected chi connectivity index (χ2v) is 3.12. The summed E-state index contributed by atoms with van der Waals surface area (Å²) in [6, 6.07) is 8.15. The first-order valence-electron chi connectivity index (χ1n) is 3.78. The molecule has 0 saturated carbocycles. The van der Waals surface area contributed by atoms with E-state index in [1.54, 1.807) is 0 Å². The van der Waals surface area contributed by atoms with Gasteiger partial charge in [-0.2, -0.15) is 0 Å². The van der Waals surface area contributed by atoms with Gasteiger partial charge in [-0.3, -0.25) is 0 Å². The summed E-state index contributed by atoms with van der Waals surface area (Å²) in [6.45, 7) is 2.08. The Balaban J connectivity index is 2.81. The Bertz CT molecular complexity index is 218. The number of nitrogens with two attached hydrogens (primary N) is 1. The topological polar surface area (TPSA) is 26.0 Å². The van der Waals surface area contributed by atoms with Crippen molar-refractivity contribution >= 4 is 12.6 Å². The van der Waals surface area contributed by atoms with E-state index in [-0.39, 0.29) is 6.04 Å². The lowest BCUT2D eigenvalue weighted by Gasteiger charge is -2.08.